The van der Waals surface area contributed by atoms with Gasteiger partial charge in [-0.2, -0.15) is 0 Å². The van der Waals surface area contributed by atoms with Crippen LogP contribution in [0.3, 0.4) is 0 Å². The summed E-state index contributed by atoms with van der Waals surface area (Å²) in [5.74, 6) is 0. The van der Waals surface area contributed by atoms with Gasteiger partial charge in [-0.25, -0.2) is 0 Å². The van der Waals surface area contributed by atoms with Crippen LogP contribution in [0, 0.1) is 0 Å². The Bertz CT molecular complexity index is 365. The van der Waals surface area contributed by atoms with Crippen LogP contribution in [-0.2, 0) is 12.8 Å². The van der Waals surface area contributed by atoms with Gasteiger partial charge in [0.05, 0.1) is 0 Å². The third-order valence-electron chi connectivity index (χ3n) is 3.22. The van der Waals surface area contributed by atoms with Crippen molar-refractivity contribution in [3.05, 3.63) is 46.5 Å². The van der Waals surface area contributed by atoms with Crippen molar-refractivity contribution in [2.45, 2.75) is 32.1 Å². The summed E-state index contributed by atoms with van der Waals surface area (Å²) in [5.41, 5.74) is 6.66. The van der Waals surface area contributed by atoms with Crippen molar-refractivity contribution in [2.24, 2.45) is 0 Å². The molecular weight excluding hydrogens is 156 g/mol. The highest BCUT2D eigenvalue weighted by atomic mass is 14.3. The zero-order chi connectivity index (χ0) is 8.67. The monoisotopic (exact) mass is 170 g/mol. The average molecular weight is 170 g/mol. The smallest absolute Gasteiger partial charge is 0.00616 e. The van der Waals surface area contributed by atoms with E-state index in [1.807, 2.05) is 0 Å². The van der Waals surface area contributed by atoms with Gasteiger partial charge < -0.3 is 0 Å². The molecule has 0 aliphatic heterocycles. The van der Waals surface area contributed by atoms with E-state index in [-0.39, 0.29) is 0 Å². The van der Waals surface area contributed by atoms with Gasteiger partial charge in [-0.15, -0.1) is 0 Å². The van der Waals surface area contributed by atoms with E-state index in [0.29, 0.717) is 0 Å². The summed E-state index contributed by atoms with van der Waals surface area (Å²) >= 11 is 0. The molecule has 0 unspecified atom stereocenters. The van der Waals surface area contributed by atoms with Crippen LogP contribution < -0.4 is 0 Å². The second-order valence-corrected chi connectivity index (χ2v) is 4.15. The van der Waals surface area contributed by atoms with E-state index in [1.54, 1.807) is 22.3 Å². The van der Waals surface area contributed by atoms with Gasteiger partial charge in [0.1, 0.15) is 0 Å². The maximum atomic E-state index is 2.29. The van der Waals surface area contributed by atoms with E-state index >= 15 is 0 Å². The van der Waals surface area contributed by atoms with E-state index in [4.69, 9.17) is 0 Å². The van der Waals surface area contributed by atoms with Crippen molar-refractivity contribution >= 4 is 0 Å². The van der Waals surface area contributed by atoms with Gasteiger partial charge >= 0.3 is 0 Å². The van der Waals surface area contributed by atoms with Crippen molar-refractivity contribution in [2.75, 3.05) is 0 Å². The first-order chi connectivity index (χ1) is 6.43. The molecule has 1 saturated carbocycles. The van der Waals surface area contributed by atoms with Crippen LogP contribution in [0.1, 0.15) is 30.4 Å². The molecule has 2 aliphatic carbocycles. The lowest BCUT2D eigenvalue weighted by Gasteiger charge is -2.18. The lowest BCUT2D eigenvalue weighted by molar-refractivity contribution is 0.831. The van der Waals surface area contributed by atoms with Gasteiger partial charge in [0.2, 0.25) is 0 Å². The van der Waals surface area contributed by atoms with Crippen LogP contribution in [0.5, 0.6) is 0 Å². The van der Waals surface area contributed by atoms with E-state index in [1.165, 1.54) is 32.1 Å². The Morgan fingerprint density at radius 1 is 0.692 bits per heavy atom. The Hall–Kier alpha value is -1.04. The Kier molecular flexibility index (Phi) is 1.55. The fourth-order valence-electron chi connectivity index (χ4n) is 2.30. The zero-order valence-electron chi connectivity index (χ0n) is 7.84. The molecule has 0 heterocycles. The standard InChI is InChI=1S/C13H14/c1-2-4-12-9-13(11-5-6-11)8-7-10(12)3-1/h1-4H,5-9H2. The summed E-state index contributed by atoms with van der Waals surface area (Å²) in [6.45, 7) is 0. The van der Waals surface area contributed by atoms with Crippen LogP contribution in [0.4, 0.5) is 0 Å². The number of rotatable bonds is 0. The number of aryl methyl sites for hydroxylation is 1. The number of allylic oxidation sites excluding steroid dienone is 2. The van der Waals surface area contributed by atoms with Crippen molar-refractivity contribution in [1.82, 2.24) is 0 Å². The predicted octanol–water partition coefficient (Wildman–Crippen LogP) is 3.27. The van der Waals surface area contributed by atoms with E-state index < -0.39 is 0 Å². The summed E-state index contributed by atoms with van der Waals surface area (Å²) in [5, 5.41) is 0. The molecule has 1 fully saturated rings. The lowest BCUT2D eigenvalue weighted by Crippen LogP contribution is -2.04. The molecule has 0 amide bonds. The molecule has 1 aromatic carbocycles. The fourth-order valence-corrected chi connectivity index (χ4v) is 2.30. The van der Waals surface area contributed by atoms with Crippen molar-refractivity contribution in [3.63, 3.8) is 0 Å². The molecule has 0 saturated heterocycles. The lowest BCUT2D eigenvalue weighted by atomic mass is 9.87. The maximum absolute atomic E-state index is 2.29. The maximum Gasteiger partial charge on any atom is -0.00616 e. The Morgan fingerprint density at radius 2 is 1.38 bits per heavy atom. The van der Waals surface area contributed by atoms with Crippen LogP contribution in [0.15, 0.2) is 35.4 Å². The fraction of sp³-hybridized carbons (Fsp3) is 0.385. The van der Waals surface area contributed by atoms with E-state index in [0.717, 1.165) is 0 Å². The van der Waals surface area contributed by atoms with Crippen molar-refractivity contribution in [3.8, 4) is 0 Å². The van der Waals surface area contributed by atoms with Crippen LogP contribution in [-0.4, -0.2) is 0 Å². The Balaban J connectivity index is 1.99. The SMILES string of the molecule is c1ccc2c(c1)CCC(=C1CC1)C2. The number of hydrogen-bond acceptors (Lipinski definition) is 0. The molecule has 0 bridgehead atoms. The van der Waals surface area contributed by atoms with Crippen LogP contribution in [0.25, 0.3) is 0 Å². The minimum atomic E-state index is 1.24. The number of hydrogen-bond donors (Lipinski definition) is 0. The van der Waals surface area contributed by atoms with Gasteiger partial charge in [-0.3, -0.25) is 0 Å². The first-order valence-corrected chi connectivity index (χ1v) is 5.20. The molecule has 1 aromatic rings. The summed E-state index contributed by atoms with van der Waals surface area (Å²) in [6.07, 6.45) is 6.61. The van der Waals surface area contributed by atoms with Gasteiger partial charge in [0, 0.05) is 0 Å². The molecule has 0 nitrogen and oxygen atoms in total. The van der Waals surface area contributed by atoms with Crippen LogP contribution in [0.2, 0.25) is 0 Å². The number of fused-ring (bicyclic) bond motifs is 1. The average Bonchev–Trinajstić information content (AvgIpc) is 3.00. The molecule has 0 heteroatoms. The van der Waals surface area contributed by atoms with Gasteiger partial charge in [-0.05, 0) is 43.2 Å². The quantitative estimate of drug-likeness (QED) is 0.524. The van der Waals surface area contributed by atoms with Gasteiger partial charge in [0.25, 0.3) is 0 Å². The summed E-state index contributed by atoms with van der Waals surface area (Å²) < 4.78 is 0. The number of benzene rings is 1. The highest BCUT2D eigenvalue weighted by Crippen LogP contribution is 2.37. The minimum absolute atomic E-state index is 1.24. The van der Waals surface area contributed by atoms with Gasteiger partial charge in [0.15, 0.2) is 0 Å². The highest BCUT2D eigenvalue weighted by Gasteiger charge is 2.21. The molecule has 0 N–H and O–H groups in total. The largest absolute Gasteiger partial charge is 0.0700 e. The molecule has 2 aliphatic rings. The van der Waals surface area contributed by atoms with E-state index in [9.17, 15) is 0 Å². The Labute approximate surface area is 79.3 Å². The third-order valence-corrected chi connectivity index (χ3v) is 3.22. The zero-order valence-corrected chi connectivity index (χ0v) is 7.84. The summed E-state index contributed by atoms with van der Waals surface area (Å²) in [4.78, 5) is 0. The third kappa shape index (κ3) is 1.31. The normalized spacial score (nSPS) is 20.0. The molecule has 66 valence electrons. The molecule has 0 atom stereocenters. The molecular formula is C13H14. The molecule has 0 spiro atoms. The van der Waals surface area contributed by atoms with E-state index in [2.05, 4.69) is 24.3 Å². The van der Waals surface area contributed by atoms with Crippen LogP contribution >= 0.6 is 0 Å². The van der Waals surface area contributed by atoms with Gasteiger partial charge in [-0.1, -0.05) is 35.4 Å². The molecule has 3 rings (SSSR count). The second-order valence-electron chi connectivity index (χ2n) is 4.15. The van der Waals surface area contributed by atoms with Crippen molar-refractivity contribution in [1.29, 1.82) is 0 Å². The molecule has 13 heavy (non-hydrogen) atoms. The second kappa shape index (κ2) is 2.73. The predicted molar refractivity (Wildman–Crippen MR) is 54.7 cm³/mol. The molecule has 0 aromatic heterocycles. The topological polar surface area (TPSA) is 0 Å². The Morgan fingerprint density at radius 3 is 2.15 bits per heavy atom. The minimum Gasteiger partial charge on any atom is -0.0700 e. The first kappa shape index (κ1) is 7.37. The highest BCUT2D eigenvalue weighted by molar-refractivity contribution is 5.39. The summed E-state index contributed by atoms with van der Waals surface area (Å²) in [7, 11) is 0. The summed E-state index contributed by atoms with van der Waals surface area (Å²) in [6, 6.07) is 8.90. The first-order valence-electron chi connectivity index (χ1n) is 5.20. The van der Waals surface area contributed by atoms with Crippen molar-refractivity contribution < 1.29 is 0 Å². The molecule has 0 radical (unpaired) electrons.